The van der Waals surface area contributed by atoms with E-state index in [-0.39, 0.29) is 0 Å². The fourth-order valence-corrected chi connectivity index (χ4v) is 3.00. The Balaban J connectivity index is 2.00. The van der Waals surface area contributed by atoms with Crippen LogP contribution < -0.4 is 15.3 Å². The number of fused-ring (bicyclic) bond motifs is 4. The number of benzene rings is 2. The lowest BCUT2D eigenvalue weighted by Crippen LogP contribution is -2.39. The quantitative estimate of drug-likeness (QED) is 0.666. The smallest absolute Gasteiger partial charge is 0.146 e. The number of hydrogen-bond donors (Lipinski definition) is 0. The molecule has 0 fully saturated rings. The van der Waals surface area contributed by atoms with Gasteiger partial charge in [0.2, 0.25) is 0 Å². The predicted molar refractivity (Wildman–Crippen MR) is 76.8 cm³/mol. The average Bonchev–Trinajstić information content (AvgIpc) is 2.45. The molecule has 2 nitrogen and oxygen atoms in total. The van der Waals surface area contributed by atoms with Crippen LogP contribution in [0, 0.1) is 0 Å². The molecule has 0 N–H and O–H groups in total. The van der Waals surface area contributed by atoms with Gasteiger partial charge in [0.1, 0.15) is 5.84 Å². The lowest BCUT2D eigenvalue weighted by molar-refractivity contribution is 1.28. The van der Waals surface area contributed by atoms with Crippen molar-refractivity contribution in [1.82, 2.24) is 0 Å². The summed E-state index contributed by atoms with van der Waals surface area (Å²) in [4.78, 5) is 3.36. The van der Waals surface area contributed by atoms with E-state index in [1.807, 2.05) is 6.07 Å². The highest BCUT2D eigenvalue weighted by atomic mass is 32.2. The van der Waals surface area contributed by atoms with Gasteiger partial charge in [0, 0.05) is 18.1 Å². The topological polar surface area (TPSA) is 15.6 Å². The monoisotopic (exact) mass is 250 g/mol. The maximum atomic E-state index is 4.56. The van der Waals surface area contributed by atoms with Crippen molar-refractivity contribution in [3.63, 3.8) is 0 Å². The summed E-state index contributed by atoms with van der Waals surface area (Å²) in [5.41, 5.74) is 1.21. The molecular formula is C15H10N2S. The zero-order chi connectivity index (χ0) is 11.9. The van der Waals surface area contributed by atoms with Gasteiger partial charge in [-0.2, -0.15) is 4.40 Å². The van der Waals surface area contributed by atoms with Gasteiger partial charge in [-0.15, -0.1) is 0 Å². The SMILES string of the molecule is C1=c2ccccc2=CN2C1=NSc1ccccc12. The van der Waals surface area contributed by atoms with Crippen molar-refractivity contribution >= 4 is 35.7 Å². The maximum Gasteiger partial charge on any atom is 0.146 e. The largest absolute Gasteiger partial charge is 0.299 e. The molecule has 2 aliphatic rings. The molecule has 86 valence electrons. The highest BCUT2D eigenvalue weighted by molar-refractivity contribution is 7.98. The van der Waals surface area contributed by atoms with E-state index in [2.05, 4.69) is 64.0 Å². The van der Waals surface area contributed by atoms with Gasteiger partial charge < -0.3 is 0 Å². The molecule has 2 aromatic carbocycles. The number of amidine groups is 1. The summed E-state index contributed by atoms with van der Waals surface area (Å²) in [6.07, 6.45) is 4.30. The van der Waals surface area contributed by atoms with Crippen LogP contribution in [0.3, 0.4) is 0 Å². The minimum absolute atomic E-state index is 0.998. The maximum absolute atomic E-state index is 4.56. The molecule has 0 bridgehead atoms. The van der Waals surface area contributed by atoms with Crippen molar-refractivity contribution in [2.45, 2.75) is 4.90 Å². The molecule has 2 aromatic rings. The Morgan fingerprint density at radius 2 is 1.67 bits per heavy atom. The molecule has 3 heteroatoms. The van der Waals surface area contributed by atoms with Gasteiger partial charge in [-0.1, -0.05) is 36.4 Å². The van der Waals surface area contributed by atoms with Gasteiger partial charge in [-0.05, 0) is 28.6 Å². The van der Waals surface area contributed by atoms with Crippen molar-refractivity contribution in [1.29, 1.82) is 0 Å². The standard InChI is InChI=1S/C15H10N2S/c1-2-6-12-10-17-13-7-3-4-8-14(13)18-16-15(17)9-11(12)5-1/h1-10H. The summed E-state index contributed by atoms with van der Waals surface area (Å²) in [7, 11) is 0. The van der Waals surface area contributed by atoms with Crippen LogP contribution in [0.1, 0.15) is 0 Å². The van der Waals surface area contributed by atoms with Gasteiger partial charge >= 0.3 is 0 Å². The third kappa shape index (κ3) is 1.41. The summed E-state index contributed by atoms with van der Waals surface area (Å²) in [6, 6.07) is 16.7. The van der Waals surface area contributed by atoms with E-state index in [1.54, 1.807) is 11.9 Å². The summed E-state index contributed by atoms with van der Waals surface area (Å²) in [6.45, 7) is 0. The first-order chi connectivity index (χ1) is 8.92. The molecule has 4 rings (SSSR count). The molecule has 0 unspecified atom stereocenters. The van der Waals surface area contributed by atoms with E-state index >= 15 is 0 Å². The van der Waals surface area contributed by atoms with E-state index in [1.165, 1.54) is 21.0 Å². The third-order valence-corrected chi connectivity index (χ3v) is 3.98. The van der Waals surface area contributed by atoms with Crippen LogP contribution in [-0.4, -0.2) is 5.84 Å². The van der Waals surface area contributed by atoms with Crippen molar-refractivity contribution in [3.05, 3.63) is 59.0 Å². The van der Waals surface area contributed by atoms with Gasteiger partial charge in [0.05, 0.1) is 10.6 Å². The molecule has 2 heterocycles. The molecule has 2 aliphatic heterocycles. The Hall–Kier alpha value is -2.00. The first kappa shape index (κ1) is 9.97. The van der Waals surface area contributed by atoms with Gasteiger partial charge in [0.15, 0.2) is 0 Å². The number of para-hydroxylation sites is 1. The van der Waals surface area contributed by atoms with Crippen molar-refractivity contribution in [2.75, 3.05) is 4.90 Å². The zero-order valence-electron chi connectivity index (χ0n) is 9.58. The lowest BCUT2D eigenvalue weighted by atomic mass is 10.1. The fraction of sp³-hybridized carbons (Fsp3) is 0. The Morgan fingerprint density at radius 3 is 2.61 bits per heavy atom. The van der Waals surface area contributed by atoms with Crippen LogP contribution in [0.5, 0.6) is 0 Å². The minimum Gasteiger partial charge on any atom is -0.299 e. The lowest BCUT2D eigenvalue weighted by Gasteiger charge is -2.27. The summed E-state index contributed by atoms with van der Waals surface area (Å²) in [5.74, 6) is 0.998. The van der Waals surface area contributed by atoms with Gasteiger partial charge in [0.25, 0.3) is 0 Å². The van der Waals surface area contributed by atoms with Crippen molar-refractivity contribution in [3.8, 4) is 0 Å². The highest BCUT2D eigenvalue weighted by Crippen LogP contribution is 2.36. The number of rotatable bonds is 0. The molecular weight excluding hydrogens is 240 g/mol. The third-order valence-electron chi connectivity index (χ3n) is 3.16. The molecule has 0 radical (unpaired) electrons. The van der Waals surface area contributed by atoms with Crippen LogP contribution in [0.15, 0.2) is 57.8 Å². The second kappa shape index (κ2) is 3.75. The summed E-state index contributed by atoms with van der Waals surface area (Å²) in [5, 5.41) is 2.46. The van der Waals surface area contributed by atoms with E-state index in [9.17, 15) is 0 Å². The van der Waals surface area contributed by atoms with Crippen LogP contribution in [0.4, 0.5) is 5.69 Å². The molecule has 0 aromatic heterocycles. The van der Waals surface area contributed by atoms with Crippen LogP contribution in [0.2, 0.25) is 0 Å². The second-order valence-electron chi connectivity index (χ2n) is 4.28. The number of hydrogen-bond acceptors (Lipinski definition) is 3. The minimum atomic E-state index is 0.998. The van der Waals surface area contributed by atoms with E-state index < -0.39 is 0 Å². The van der Waals surface area contributed by atoms with Crippen molar-refractivity contribution in [2.24, 2.45) is 4.40 Å². The zero-order valence-corrected chi connectivity index (χ0v) is 10.4. The van der Waals surface area contributed by atoms with Gasteiger partial charge in [-0.25, -0.2) is 0 Å². The Labute approximate surface area is 109 Å². The number of anilines is 1. The molecule has 0 saturated carbocycles. The summed E-state index contributed by atoms with van der Waals surface area (Å²) < 4.78 is 4.56. The van der Waals surface area contributed by atoms with Crippen LogP contribution in [0.25, 0.3) is 12.3 Å². The first-order valence-electron chi connectivity index (χ1n) is 5.84. The van der Waals surface area contributed by atoms with Crippen LogP contribution >= 0.6 is 11.9 Å². The Bertz CT molecular complexity index is 777. The van der Waals surface area contributed by atoms with Crippen LogP contribution in [-0.2, 0) is 0 Å². The first-order valence-corrected chi connectivity index (χ1v) is 6.61. The summed E-state index contributed by atoms with van der Waals surface area (Å²) >= 11 is 1.54. The molecule has 0 atom stereocenters. The Morgan fingerprint density at radius 1 is 0.889 bits per heavy atom. The predicted octanol–water partition coefficient (Wildman–Crippen LogP) is 2.14. The molecule has 18 heavy (non-hydrogen) atoms. The molecule has 0 amide bonds. The highest BCUT2D eigenvalue weighted by Gasteiger charge is 2.20. The van der Waals surface area contributed by atoms with Gasteiger partial charge in [-0.3, -0.25) is 4.90 Å². The molecule has 0 aliphatic carbocycles. The van der Waals surface area contributed by atoms with E-state index in [4.69, 9.17) is 0 Å². The molecule has 0 saturated heterocycles. The molecule has 0 spiro atoms. The number of nitrogens with zero attached hydrogens (tertiary/aromatic N) is 2. The second-order valence-corrected chi connectivity index (χ2v) is 5.09. The van der Waals surface area contributed by atoms with E-state index in [0.717, 1.165) is 5.84 Å². The fourth-order valence-electron chi connectivity index (χ4n) is 2.27. The Kier molecular flexibility index (Phi) is 2.08. The van der Waals surface area contributed by atoms with E-state index in [0.29, 0.717) is 0 Å². The average molecular weight is 250 g/mol. The normalized spacial score (nSPS) is 15.6. The van der Waals surface area contributed by atoms with Crippen molar-refractivity contribution < 1.29 is 0 Å².